The van der Waals surface area contributed by atoms with E-state index in [0.717, 1.165) is 38.7 Å². The molecule has 0 spiro atoms. The first-order chi connectivity index (χ1) is 13.0. The molecule has 136 valence electrons. The zero-order valence-electron chi connectivity index (χ0n) is 15.5. The molecule has 0 atom stereocenters. The van der Waals surface area contributed by atoms with Crippen LogP contribution in [0.5, 0.6) is 5.75 Å². The number of aromatic nitrogens is 2. The van der Waals surface area contributed by atoms with E-state index in [4.69, 9.17) is 0 Å². The van der Waals surface area contributed by atoms with E-state index in [2.05, 4.69) is 58.8 Å². The predicted molar refractivity (Wildman–Crippen MR) is 113 cm³/mol. The van der Waals surface area contributed by atoms with E-state index >= 15 is 0 Å². The van der Waals surface area contributed by atoms with Gasteiger partial charge < -0.3 is 10.4 Å². The van der Waals surface area contributed by atoms with Crippen LogP contribution in [0, 0.1) is 6.92 Å². The molecule has 4 aromatic rings. The highest BCUT2D eigenvalue weighted by molar-refractivity contribution is 7.17. The summed E-state index contributed by atoms with van der Waals surface area (Å²) in [5.74, 6) is 2.27. The van der Waals surface area contributed by atoms with Crippen molar-refractivity contribution in [2.24, 2.45) is 0 Å². The number of aryl methyl sites for hydroxylation is 1. The predicted octanol–water partition coefficient (Wildman–Crippen LogP) is 6.24. The van der Waals surface area contributed by atoms with Crippen LogP contribution >= 0.6 is 11.3 Å². The second-order valence-corrected chi connectivity index (χ2v) is 7.76. The minimum Gasteiger partial charge on any atom is -0.508 e. The van der Waals surface area contributed by atoms with Crippen molar-refractivity contribution in [3.63, 3.8) is 0 Å². The number of nitrogens with zero attached hydrogens (tertiary/aromatic N) is 2. The van der Waals surface area contributed by atoms with Crippen molar-refractivity contribution < 1.29 is 5.11 Å². The fraction of sp³-hybridized carbons (Fsp3) is 0.182. The highest BCUT2D eigenvalue weighted by Gasteiger charge is 2.15. The highest BCUT2D eigenvalue weighted by Crippen LogP contribution is 2.38. The molecule has 0 saturated carbocycles. The fourth-order valence-corrected chi connectivity index (χ4v) is 4.07. The Morgan fingerprint density at radius 2 is 1.67 bits per heavy atom. The van der Waals surface area contributed by atoms with Crippen molar-refractivity contribution in [1.82, 2.24) is 9.97 Å². The van der Waals surface area contributed by atoms with Crippen LogP contribution in [0.15, 0.2) is 53.9 Å². The summed E-state index contributed by atoms with van der Waals surface area (Å²) < 4.78 is 0. The molecule has 0 aliphatic rings. The lowest BCUT2D eigenvalue weighted by molar-refractivity contribution is 0.475. The number of benzene rings is 2. The minimum atomic E-state index is 0.242. The number of phenolic OH excluding ortho intramolecular Hbond substituents is 1. The molecular weight excluding hydrogens is 354 g/mol. The number of anilines is 2. The summed E-state index contributed by atoms with van der Waals surface area (Å²) >= 11 is 1.63. The van der Waals surface area contributed by atoms with E-state index in [9.17, 15) is 5.11 Å². The molecule has 0 fully saturated rings. The largest absolute Gasteiger partial charge is 0.508 e. The number of nitrogens with one attached hydrogen (secondary N) is 1. The monoisotopic (exact) mass is 375 g/mol. The third-order valence-corrected chi connectivity index (χ3v) is 5.44. The van der Waals surface area contributed by atoms with Gasteiger partial charge in [-0.2, -0.15) is 0 Å². The van der Waals surface area contributed by atoms with Gasteiger partial charge in [-0.3, -0.25) is 0 Å². The fourth-order valence-electron chi connectivity index (χ4n) is 3.08. The van der Waals surface area contributed by atoms with Gasteiger partial charge in [0, 0.05) is 16.6 Å². The maximum Gasteiger partial charge on any atom is 0.143 e. The van der Waals surface area contributed by atoms with Gasteiger partial charge in [0.15, 0.2) is 0 Å². The quantitative estimate of drug-likeness (QED) is 0.415. The molecule has 4 rings (SSSR count). The standard InChI is InChI=1S/C22H21N3OS/c1-13(2)15-4-6-16(7-5-15)19-12-27-22-20(19)21(23-14(3)24-22)25-17-8-10-18(26)11-9-17/h4-13,26H,1-3H3,(H,23,24,25). The molecule has 2 aromatic carbocycles. The van der Waals surface area contributed by atoms with Crippen LogP contribution in [0.3, 0.4) is 0 Å². The number of thiophene rings is 1. The second kappa shape index (κ2) is 7.00. The molecule has 0 amide bonds. The Hall–Kier alpha value is -2.92. The summed E-state index contributed by atoms with van der Waals surface area (Å²) in [6, 6.07) is 15.7. The Bertz CT molecular complexity index is 1080. The molecule has 0 saturated heterocycles. The van der Waals surface area contributed by atoms with Crippen LogP contribution in [0.1, 0.15) is 31.2 Å². The lowest BCUT2D eigenvalue weighted by Gasteiger charge is -2.11. The Kier molecular flexibility index (Phi) is 4.54. The molecule has 0 aliphatic carbocycles. The van der Waals surface area contributed by atoms with Crippen LogP contribution in [0.2, 0.25) is 0 Å². The molecule has 5 heteroatoms. The third kappa shape index (κ3) is 3.51. The van der Waals surface area contributed by atoms with Gasteiger partial charge in [0.1, 0.15) is 22.2 Å². The van der Waals surface area contributed by atoms with E-state index in [1.165, 1.54) is 5.56 Å². The molecule has 2 heterocycles. The average Bonchev–Trinajstić information content (AvgIpc) is 3.07. The first-order valence-corrected chi connectivity index (χ1v) is 9.81. The topological polar surface area (TPSA) is 58.0 Å². The maximum atomic E-state index is 9.51. The molecule has 2 aromatic heterocycles. The van der Waals surface area contributed by atoms with Gasteiger partial charge in [-0.15, -0.1) is 11.3 Å². The minimum absolute atomic E-state index is 0.242. The van der Waals surface area contributed by atoms with E-state index < -0.39 is 0 Å². The summed E-state index contributed by atoms with van der Waals surface area (Å²) in [7, 11) is 0. The Morgan fingerprint density at radius 1 is 0.963 bits per heavy atom. The lowest BCUT2D eigenvalue weighted by atomic mass is 9.99. The van der Waals surface area contributed by atoms with Crippen molar-refractivity contribution in [2.45, 2.75) is 26.7 Å². The van der Waals surface area contributed by atoms with Crippen LogP contribution in [-0.4, -0.2) is 15.1 Å². The SMILES string of the molecule is Cc1nc(Nc2ccc(O)cc2)c2c(-c3ccc(C(C)C)cc3)csc2n1. The normalized spacial score (nSPS) is 11.3. The van der Waals surface area contributed by atoms with E-state index in [1.807, 2.05) is 19.1 Å². The maximum absolute atomic E-state index is 9.51. The molecule has 0 aliphatic heterocycles. The van der Waals surface area contributed by atoms with Crippen LogP contribution in [0.4, 0.5) is 11.5 Å². The average molecular weight is 375 g/mol. The van der Waals surface area contributed by atoms with Crippen LogP contribution < -0.4 is 5.32 Å². The van der Waals surface area contributed by atoms with Crippen molar-refractivity contribution in [1.29, 1.82) is 0 Å². The molecule has 4 nitrogen and oxygen atoms in total. The van der Waals surface area contributed by atoms with E-state index in [1.54, 1.807) is 23.5 Å². The van der Waals surface area contributed by atoms with Gasteiger partial charge in [-0.05, 0) is 48.2 Å². The Balaban J connectivity index is 1.81. The van der Waals surface area contributed by atoms with Gasteiger partial charge in [0.05, 0.1) is 5.39 Å². The van der Waals surface area contributed by atoms with E-state index in [0.29, 0.717) is 5.92 Å². The van der Waals surface area contributed by atoms with Gasteiger partial charge >= 0.3 is 0 Å². The Labute approximate surface area is 162 Å². The van der Waals surface area contributed by atoms with E-state index in [-0.39, 0.29) is 5.75 Å². The second-order valence-electron chi connectivity index (χ2n) is 6.90. The summed E-state index contributed by atoms with van der Waals surface area (Å²) in [5, 5.41) is 16.1. The first-order valence-electron chi connectivity index (χ1n) is 8.93. The zero-order chi connectivity index (χ0) is 19.0. The van der Waals surface area contributed by atoms with Crippen LogP contribution in [-0.2, 0) is 0 Å². The summed E-state index contributed by atoms with van der Waals surface area (Å²) in [4.78, 5) is 10.2. The molecule has 27 heavy (non-hydrogen) atoms. The third-order valence-electron chi connectivity index (χ3n) is 4.56. The number of aromatic hydroxyl groups is 1. The summed E-state index contributed by atoms with van der Waals surface area (Å²) in [5.41, 5.74) is 4.49. The summed E-state index contributed by atoms with van der Waals surface area (Å²) in [6.07, 6.45) is 0. The number of hydrogen-bond donors (Lipinski definition) is 2. The van der Waals surface area contributed by atoms with Gasteiger partial charge in [-0.1, -0.05) is 38.1 Å². The molecule has 2 N–H and O–H groups in total. The zero-order valence-corrected chi connectivity index (χ0v) is 16.3. The Morgan fingerprint density at radius 3 is 2.33 bits per heavy atom. The van der Waals surface area contributed by atoms with Gasteiger partial charge in [0.25, 0.3) is 0 Å². The molecule has 0 bridgehead atoms. The van der Waals surface area contributed by atoms with Crippen molar-refractivity contribution >= 4 is 33.1 Å². The van der Waals surface area contributed by atoms with Crippen molar-refractivity contribution in [3.8, 4) is 16.9 Å². The molecular formula is C22H21N3OS. The first kappa shape index (κ1) is 17.5. The highest BCUT2D eigenvalue weighted by atomic mass is 32.1. The summed E-state index contributed by atoms with van der Waals surface area (Å²) in [6.45, 7) is 6.30. The number of fused-ring (bicyclic) bond motifs is 1. The smallest absolute Gasteiger partial charge is 0.143 e. The van der Waals surface area contributed by atoms with Gasteiger partial charge in [-0.25, -0.2) is 9.97 Å². The van der Waals surface area contributed by atoms with Gasteiger partial charge in [0.2, 0.25) is 0 Å². The van der Waals surface area contributed by atoms with Crippen molar-refractivity contribution in [3.05, 3.63) is 65.3 Å². The number of rotatable bonds is 4. The van der Waals surface area contributed by atoms with Crippen molar-refractivity contribution in [2.75, 3.05) is 5.32 Å². The molecule has 0 radical (unpaired) electrons. The van der Waals surface area contributed by atoms with Crippen LogP contribution in [0.25, 0.3) is 21.3 Å². The number of phenols is 1. The lowest BCUT2D eigenvalue weighted by Crippen LogP contribution is -1.98. The number of hydrogen-bond acceptors (Lipinski definition) is 5. The molecule has 0 unspecified atom stereocenters.